The highest BCUT2D eigenvalue weighted by Crippen LogP contribution is 2.40. The number of amides is 1. The Labute approximate surface area is 159 Å². The first-order valence-corrected chi connectivity index (χ1v) is 9.18. The van der Waals surface area contributed by atoms with E-state index in [-0.39, 0.29) is 18.4 Å². The second kappa shape index (κ2) is 7.92. The van der Waals surface area contributed by atoms with Gasteiger partial charge in [-0.15, -0.1) is 0 Å². The number of hydrogen-bond donors (Lipinski definition) is 2. The van der Waals surface area contributed by atoms with Gasteiger partial charge in [-0.2, -0.15) is 0 Å². The van der Waals surface area contributed by atoms with Gasteiger partial charge in [-0.1, -0.05) is 36.4 Å². The van der Waals surface area contributed by atoms with Crippen LogP contribution in [0.3, 0.4) is 0 Å². The molecule has 1 amide bonds. The van der Waals surface area contributed by atoms with E-state index >= 15 is 0 Å². The quantitative estimate of drug-likeness (QED) is 0.780. The molecule has 3 rings (SSSR count). The van der Waals surface area contributed by atoms with Crippen LogP contribution < -0.4 is 5.32 Å². The standard InChI is InChI=1S/C22H25NO4/c1-15(2)27-14-16-6-5-9-19(10-16)23-20(24)13-22(21(25)26)11-17-7-3-4-8-18(17)12-22/h3-10,15H,11-14H2,1-2H3,(H,23,24)(H,25,26). The molecule has 0 saturated heterocycles. The third kappa shape index (κ3) is 4.55. The minimum atomic E-state index is -1.08. The molecule has 1 aliphatic carbocycles. The molecule has 0 aliphatic heterocycles. The van der Waals surface area contributed by atoms with Crippen molar-refractivity contribution in [3.05, 3.63) is 65.2 Å². The highest BCUT2D eigenvalue weighted by molar-refractivity contribution is 5.94. The van der Waals surface area contributed by atoms with Crippen molar-refractivity contribution >= 4 is 17.6 Å². The van der Waals surface area contributed by atoms with Crippen LogP contribution in [0, 0.1) is 5.41 Å². The van der Waals surface area contributed by atoms with Crippen molar-refractivity contribution in [2.45, 2.75) is 45.8 Å². The molecule has 5 heteroatoms. The summed E-state index contributed by atoms with van der Waals surface area (Å²) in [5, 5.41) is 12.7. The van der Waals surface area contributed by atoms with Gasteiger partial charge in [-0.25, -0.2) is 0 Å². The lowest BCUT2D eigenvalue weighted by Crippen LogP contribution is -2.36. The summed E-state index contributed by atoms with van der Waals surface area (Å²) >= 11 is 0. The predicted octanol–water partition coefficient (Wildman–Crippen LogP) is 3.81. The number of carboxylic acid groups (broad SMARTS) is 1. The topological polar surface area (TPSA) is 75.6 Å². The lowest BCUT2D eigenvalue weighted by Gasteiger charge is -2.23. The van der Waals surface area contributed by atoms with Crippen LogP contribution >= 0.6 is 0 Å². The lowest BCUT2D eigenvalue weighted by atomic mass is 9.81. The van der Waals surface area contributed by atoms with E-state index in [1.165, 1.54) is 0 Å². The van der Waals surface area contributed by atoms with Crippen molar-refractivity contribution in [3.8, 4) is 0 Å². The summed E-state index contributed by atoms with van der Waals surface area (Å²) in [6.07, 6.45) is 0.842. The van der Waals surface area contributed by atoms with Crippen LogP contribution in [0.1, 0.15) is 37.0 Å². The number of carbonyl (C=O) groups is 2. The average molecular weight is 367 g/mol. The van der Waals surface area contributed by atoms with Gasteiger partial charge in [-0.05, 0) is 55.5 Å². The van der Waals surface area contributed by atoms with E-state index in [1.807, 2.05) is 56.3 Å². The maximum atomic E-state index is 12.6. The molecule has 2 aromatic carbocycles. The number of benzene rings is 2. The number of carbonyl (C=O) groups excluding carboxylic acids is 1. The molecule has 0 spiro atoms. The van der Waals surface area contributed by atoms with E-state index in [1.54, 1.807) is 6.07 Å². The fraction of sp³-hybridized carbons (Fsp3) is 0.364. The Morgan fingerprint density at radius 3 is 2.37 bits per heavy atom. The summed E-state index contributed by atoms with van der Waals surface area (Å²) in [6, 6.07) is 15.1. The van der Waals surface area contributed by atoms with E-state index < -0.39 is 11.4 Å². The van der Waals surface area contributed by atoms with Gasteiger partial charge >= 0.3 is 5.97 Å². The van der Waals surface area contributed by atoms with Gasteiger partial charge in [0.15, 0.2) is 0 Å². The minimum absolute atomic E-state index is 0.0519. The second-order valence-corrected chi connectivity index (χ2v) is 7.49. The van der Waals surface area contributed by atoms with Gasteiger partial charge in [0.1, 0.15) is 0 Å². The third-order valence-corrected chi connectivity index (χ3v) is 4.92. The molecule has 1 aliphatic rings. The van der Waals surface area contributed by atoms with E-state index in [9.17, 15) is 14.7 Å². The minimum Gasteiger partial charge on any atom is -0.481 e. The normalized spacial score (nSPS) is 14.8. The molecule has 0 atom stereocenters. The SMILES string of the molecule is CC(C)OCc1cccc(NC(=O)CC2(C(=O)O)Cc3ccccc3C2)c1. The predicted molar refractivity (Wildman–Crippen MR) is 104 cm³/mol. The summed E-state index contributed by atoms with van der Waals surface area (Å²) in [6.45, 7) is 4.41. The van der Waals surface area contributed by atoms with Crippen LogP contribution in [-0.4, -0.2) is 23.1 Å². The molecule has 142 valence electrons. The van der Waals surface area contributed by atoms with E-state index in [4.69, 9.17) is 4.74 Å². The number of hydrogen-bond acceptors (Lipinski definition) is 3. The van der Waals surface area contributed by atoms with Crippen molar-refractivity contribution in [3.63, 3.8) is 0 Å². The van der Waals surface area contributed by atoms with Crippen molar-refractivity contribution < 1.29 is 19.4 Å². The van der Waals surface area contributed by atoms with Crippen molar-refractivity contribution in [2.75, 3.05) is 5.32 Å². The Bertz CT molecular complexity index is 819. The number of fused-ring (bicyclic) bond motifs is 1. The van der Waals surface area contributed by atoms with Gasteiger partial charge in [0.25, 0.3) is 0 Å². The van der Waals surface area contributed by atoms with Crippen molar-refractivity contribution in [2.24, 2.45) is 5.41 Å². The fourth-order valence-electron chi connectivity index (χ4n) is 3.56. The van der Waals surface area contributed by atoms with E-state index in [0.717, 1.165) is 16.7 Å². The Morgan fingerprint density at radius 1 is 1.11 bits per heavy atom. The molecule has 5 nitrogen and oxygen atoms in total. The zero-order chi connectivity index (χ0) is 19.4. The van der Waals surface area contributed by atoms with Crippen molar-refractivity contribution in [1.29, 1.82) is 0 Å². The smallest absolute Gasteiger partial charge is 0.310 e. The summed E-state index contributed by atoms with van der Waals surface area (Å²) in [7, 11) is 0. The lowest BCUT2D eigenvalue weighted by molar-refractivity contribution is -0.150. The average Bonchev–Trinajstić information content (AvgIpc) is 2.99. The maximum absolute atomic E-state index is 12.6. The molecule has 0 bridgehead atoms. The van der Waals surface area contributed by atoms with Crippen LogP contribution in [0.15, 0.2) is 48.5 Å². The number of carboxylic acids is 1. The first kappa shape index (κ1) is 19.1. The molecular formula is C22H25NO4. The molecule has 27 heavy (non-hydrogen) atoms. The Hall–Kier alpha value is -2.66. The number of anilines is 1. The van der Waals surface area contributed by atoms with Gasteiger partial charge in [0.2, 0.25) is 5.91 Å². The summed E-state index contributed by atoms with van der Waals surface area (Å²) in [4.78, 5) is 24.6. The Kier molecular flexibility index (Phi) is 5.61. The number of aliphatic carboxylic acids is 1. The Balaban J connectivity index is 1.68. The first-order chi connectivity index (χ1) is 12.9. The summed E-state index contributed by atoms with van der Waals surface area (Å²) in [5.41, 5.74) is 2.57. The molecule has 0 heterocycles. The highest BCUT2D eigenvalue weighted by Gasteiger charge is 2.45. The van der Waals surface area contributed by atoms with Crippen LogP contribution in [-0.2, 0) is 33.8 Å². The molecule has 0 saturated carbocycles. The molecule has 0 fully saturated rings. The van der Waals surface area contributed by atoms with Crippen LogP contribution in [0.2, 0.25) is 0 Å². The molecule has 0 unspecified atom stereocenters. The molecule has 2 N–H and O–H groups in total. The van der Waals surface area contributed by atoms with Crippen LogP contribution in [0.5, 0.6) is 0 Å². The maximum Gasteiger partial charge on any atom is 0.310 e. The number of rotatable bonds is 7. The van der Waals surface area contributed by atoms with Gasteiger partial charge in [-0.3, -0.25) is 9.59 Å². The molecule has 0 aromatic heterocycles. The van der Waals surface area contributed by atoms with E-state index in [2.05, 4.69) is 5.32 Å². The number of nitrogens with one attached hydrogen (secondary N) is 1. The first-order valence-electron chi connectivity index (χ1n) is 9.18. The zero-order valence-corrected chi connectivity index (χ0v) is 15.7. The van der Waals surface area contributed by atoms with E-state index in [0.29, 0.717) is 25.1 Å². The summed E-state index contributed by atoms with van der Waals surface area (Å²) in [5.74, 6) is -1.21. The zero-order valence-electron chi connectivity index (χ0n) is 15.7. The van der Waals surface area contributed by atoms with Crippen LogP contribution in [0.25, 0.3) is 0 Å². The second-order valence-electron chi connectivity index (χ2n) is 7.49. The molecular weight excluding hydrogens is 342 g/mol. The monoisotopic (exact) mass is 367 g/mol. The number of ether oxygens (including phenoxy) is 1. The third-order valence-electron chi connectivity index (χ3n) is 4.92. The summed E-state index contributed by atoms with van der Waals surface area (Å²) < 4.78 is 5.59. The molecule has 0 radical (unpaired) electrons. The Morgan fingerprint density at radius 2 is 1.78 bits per heavy atom. The van der Waals surface area contributed by atoms with Crippen LogP contribution in [0.4, 0.5) is 5.69 Å². The fourth-order valence-corrected chi connectivity index (χ4v) is 3.56. The highest BCUT2D eigenvalue weighted by atomic mass is 16.5. The van der Waals surface area contributed by atoms with Crippen molar-refractivity contribution in [1.82, 2.24) is 0 Å². The molecule has 2 aromatic rings. The largest absolute Gasteiger partial charge is 0.481 e. The van der Waals surface area contributed by atoms with Gasteiger partial charge in [0, 0.05) is 12.1 Å². The van der Waals surface area contributed by atoms with Gasteiger partial charge in [0.05, 0.1) is 18.1 Å². The van der Waals surface area contributed by atoms with Gasteiger partial charge < -0.3 is 15.2 Å².